The molecule has 1 atom stereocenters. The highest BCUT2D eigenvalue weighted by atomic mass is 16.5. The molecular weight excluding hydrogens is 188 g/mol. The first-order valence-corrected chi connectivity index (χ1v) is 5.28. The maximum absolute atomic E-state index is 5.81. The number of nitrogen functional groups attached to an aromatic ring is 1. The Labute approximate surface area is 88.4 Å². The van der Waals surface area contributed by atoms with E-state index in [0.29, 0.717) is 6.04 Å². The van der Waals surface area contributed by atoms with E-state index in [9.17, 15) is 0 Å². The third-order valence-electron chi connectivity index (χ3n) is 3.05. The van der Waals surface area contributed by atoms with Crippen LogP contribution in [0.25, 0.3) is 10.9 Å². The Morgan fingerprint density at radius 2 is 2.27 bits per heavy atom. The molecule has 3 nitrogen and oxygen atoms in total. The first-order chi connectivity index (χ1) is 7.34. The molecule has 1 aliphatic rings. The number of nitrogens with two attached hydrogens (primary N) is 1. The SMILES string of the molecule is Nc1ccc2ccn(C3CCOC3)c2c1. The van der Waals surface area contributed by atoms with Crippen molar-refractivity contribution in [2.24, 2.45) is 0 Å². The summed E-state index contributed by atoms with van der Waals surface area (Å²) in [5.41, 5.74) is 7.84. The summed E-state index contributed by atoms with van der Waals surface area (Å²) in [7, 11) is 0. The van der Waals surface area contributed by atoms with Gasteiger partial charge < -0.3 is 15.0 Å². The van der Waals surface area contributed by atoms with Crippen LogP contribution in [0.15, 0.2) is 30.5 Å². The number of anilines is 1. The van der Waals surface area contributed by atoms with E-state index in [4.69, 9.17) is 10.5 Å². The van der Waals surface area contributed by atoms with E-state index < -0.39 is 0 Å². The summed E-state index contributed by atoms with van der Waals surface area (Å²) in [4.78, 5) is 0. The van der Waals surface area contributed by atoms with Crippen LogP contribution < -0.4 is 5.73 Å². The summed E-state index contributed by atoms with van der Waals surface area (Å²) < 4.78 is 7.68. The van der Waals surface area contributed by atoms with E-state index in [1.807, 2.05) is 12.1 Å². The highest BCUT2D eigenvalue weighted by molar-refractivity contribution is 5.83. The number of benzene rings is 1. The number of nitrogens with zero attached hydrogens (tertiary/aromatic N) is 1. The minimum Gasteiger partial charge on any atom is -0.399 e. The van der Waals surface area contributed by atoms with Crippen LogP contribution in [-0.4, -0.2) is 17.8 Å². The zero-order valence-corrected chi connectivity index (χ0v) is 8.52. The fourth-order valence-corrected chi connectivity index (χ4v) is 2.23. The zero-order chi connectivity index (χ0) is 10.3. The summed E-state index contributed by atoms with van der Waals surface area (Å²) in [6.07, 6.45) is 3.22. The summed E-state index contributed by atoms with van der Waals surface area (Å²) >= 11 is 0. The van der Waals surface area contributed by atoms with Crippen LogP contribution in [0.5, 0.6) is 0 Å². The predicted molar refractivity (Wildman–Crippen MR) is 60.8 cm³/mol. The molecule has 0 aliphatic carbocycles. The molecular formula is C12H14N2O. The highest BCUT2D eigenvalue weighted by Gasteiger charge is 2.18. The van der Waals surface area contributed by atoms with Gasteiger partial charge in [-0.3, -0.25) is 0 Å². The molecule has 1 fully saturated rings. The number of hydrogen-bond donors (Lipinski definition) is 1. The summed E-state index contributed by atoms with van der Waals surface area (Å²) in [5.74, 6) is 0. The molecule has 1 aromatic carbocycles. The largest absolute Gasteiger partial charge is 0.399 e. The van der Waals surface area contributed by atoms with E-state index in [-0.39, 0.29) is 0 Å². The first kappa shape index (κ1) is 8.80. The lowest BCUT2D eigenvalue weighted by atomic mass is 10.2. The second kappa shape index (κ2) is 3.28. The van der Waals surface area contributed by atoms with Gasteiger partial charge in [-0.05, 0) is 30.0 Å². The predicted octanol–water partition coefficient (Wildman–Crippen LogP) is 2.18. The second-order valence-electron chi connectivity index (χ2n) is 4.06. The smallest absolute Gasteiger partial charge is 0.0674 e. The van der Waals surface area contributed by atoms with Crippen molar-refractivity contribution in [1.82, 2.24) is 4.57 Å². The molecule has 1 saturated heterocycles. The molecule has 0 amide bonds. The van der Waals surface area contributed by atoms with Crippen molar-refractivity contribution in [3.05, 3.63) is 30.5 Å². The van der Waals surface area contributed by atoms with Crippen molar-refractivity contribution < 1.29 is 4.74 Å². The maximum atomic E-state index is 5.81. The molecule has 1 aliphatic heterocycles. The van der Waals surface area contributed by atoms with E-state index in [1.165, 1.54) is 10.9 Å². The maximum Gasteiger partial charge on any atom is 0.0674 e. The molecule has 2 aromatic rings. The average Bonchev–Trinajstić information content (AvgIpc) is 2.83. The molecule has 3 heteroatoms. The molecule has 0 bridgehead atoms. The summed E-state index contributed by atoms with van der Waals surface area (Å²) in [5, 5.41) is 1.25. The topological polar surface area (TPSA) is 40.2 Å². The van der Waals surface area contributed by atoms with Gasteiger partial charge >= 0.3 is 0 Å². The van der Waals surface area contributed by atoms with Crippen LogP contribution in [0, 0.1) is 0 Å². The van der Waals surface area contributed by atoms with Crippen LogP contribution >= 0.6 is 0 Å². The van der Waals surface area contributed by atoms with Crippen LogP contribution in [-0.2, 0) is 4.74 Å². The molecule has 2 N–H and O–H groups in total. The minimum absolute atomic E-state index is 0.476. The van der Waals surface area contributed by atoms with Crippen molar-refractivity contribution in [3.8, 4) is 0 Å². The van der Waals surface area contributed by atoms with Gasteiger partial charge in [0.2, 0.25) is 0 Å². The van der Waals surface area contributed by atoms with Crippen LogP contribution in [0.2, 0.25) is 0 Å². The number of ether oxygens (including phenoxy) is 1. The van der Waals surface area contributed by atoms with Gasteiger partial charge in [-0.2, -0.15) is 0 Å². The monoisotopic (exact) mass is 202 g/mol. The molecule has 2 heterocycles. The van der Waals surface area contributed by atoms with Gasteiger partial charge in [-0.1, -0.05) is 6.07 Å². The summed E-state index contributed by atoms with van der Waals surface area (Å²) in [6, 6.07) is 8.65. The Kier molecular flexibility index (Phi) is 1.92. The molecule has 15 heavy (non-hydrogen) atoms. The van der Waals surface area contributed by atoms with Crippen molar-refractivity contribution in [2.45, 2.75) is 12.5 Å². The molecule has 3 rings (SSSR count). The van der Waals surface area contributed by atoms with E-state index in [0.717, 1.165) is 25.3 Å². The molecule has 1 aromatic heterocycles. The normalized spacial score (nSPS) is 21.2. The Morgan fingerprint density at radius 1 is 1.33 bits per heavy atom. The van der Waals surface area contributed by atoms with Gasteiger partial charge in [-0.15, -0.1) is 0 Å². The average molecular weight is 202 g/mol. The summed E-state index contributed by atoms with van der Waals surface area (Å²) in [6.45, 7) is 1.69. The van der Waals surface area contributed by atoms with Gasteiger partial charge in [0.1, 0.15) is 0 Å². The highest BCUT2D eigenvalue weighted by Crippen LogP contribution is 2.26. The number of rotatable bonds is 1. The van der Waals surface area contributed by atoms with Crippen LogP contribution in [0.3, 0.4) is 0 Å². The Hall–Kier alpha value is -1.48. The standard InChI is InChI=1S/C12H14N2O/c13-10-2-1-9-3-5-14(12(9)7-10)11-4-6-15-8-11/h1-3,5,7,11H,4,6,8,13H2. The van der Waals surface area contributed by atoms with Gasteiger partial charge in [0, 0.05) is 18.5 Å². The number of aromatic nitrogens is 1. The lowest BCUT2D eigenvalue weighted by Crippen LogP contribution is -2.06. The van der Waals surface area contributed by atoms with Crippen molar-refractivity contribution in [1.29, 1.82) is 0 Å². The molecule has 0 spiro atoms. The van der Waals surface area contributed by atoms with Crippen molar-refractivity contribution in [2.75, 3.05) is 18.9 Å². The van der Waals surface area contributed by atoms with Crippen molar-refractivity contribution >= 4 is 16.6 Å². The molecule has 0 radical (unpaired) electrons. The quantitative estimate of drug-likeness (QED) is 0.720. The Balaban J connectivity index is 2.13. The fraction of sp³-hybridized carbons (Fsp3) is 0.333. The molecule has 78 valence electrons. The third kappa shape index (κ3) is 1.39. The first-order valence-electron chi connectivity index (χ1n) is 5.28. The van der Waals surface area contributed by atoms with Gasteiger partial charge in [0.05, 0.1) is 18.2 Å². The van der Waals surface area contributed by atoms with Gasteiger partial charge in [-0.25, -0.2) is 0 Å². The fourth-order valence-electron chi connectivity index (χ4n) is 2.23. The van der Waals surface area contributed by atoms with Gasteiger partial charge in [0.25, 0.3) is 0 Å². The van der Waals surface area contributed by atoms with E-state index >= 15 is 0 Å². The van der Waals surface area contributed by atoms with Crippen LogP contribution in [0.4, 0.5) is 5.69 Å². The molecule has 0 saturated carbocycles. The van der Waals surface area contributed by atoms with Crippen LogP contribution in [0.1, 0.15) is 12.5 Å². The van der Waals surface area contributed by atoms with Gasteiger partial charge in [0.15, 0.2) is 0 Å². The molecule has 1 unspecified atom stereocenters. The van der Waals surface area contributed by atoms with E-state index in [1.54, 1.807) is 0 Å². The Morgan fingerprint density at radius 3 is 3.07 bits per heavy atom. The van der Waals surface area contributed by atoms with E-state index in [2.05, 4.69) is 22.9 Å². The number of fused-ring (bicyclic) bond motifs is 1. The minimum atomic E-state index is 0.476. The lowest BCUT2D eigenvalue weighted by molar-refractivity contribution is 0.187. The zero-order valence-electron chi connectivity index (χ0n) is 8.52. The second-order valence-corrected chi connectivity index (χ2v) is 4.06. The number of hydrogen-bond acceptors (Lipinski definition) is 2. The van der Waals surface area contributed by atoms with Crippen molar-refractivity contribution in [3.63, 3.8) is 0 Å². The third-order valence-corrected chi connectivity index (χ3v) is 3.05. The Bertz CT molecular complexity index is 483. The lowest BCUT2D eigenvalue weighted by Gasteiger charge is -2.11.